The van der Waals surface area contributed by atoms with Crippen molar-refractivity contribution in [1.82, 2.24) is 11.0 Å². The second-order valence-corrected chi connectivity index (χ2v) is 16.9. The van der Waals surface area contributed by atoms with Gasteiger partial charge in [-0.05, 0) is 164 Å². The number of rotatable bonds is 14. The summed E-state index contributed by atoms with van der Waals surface area (Å²) in [6.07, 6.45) is 2.18. The van der Waals surface area contributed by atoms with Gasteiger partial charge in [0.15, 0.2) is 0 Å². The van der Waals surface area contributed by atoms with Crippen LogP contribution in [-0.2, 0) is 9.68 Å². The number of carbonyl (C=O) groups excluding carboxylic acids is 2. The maximum absolute atomic E-state index is 14.1. The van der Waals surface area contributed by atoms with Crippen molar-refractivity contribution < 1.29 is 47.0 Å². The molecule has 1 aliphatic carbocycles. The van der Waals surface area contributed by atoms with E-state index < -0.39 is 46.3 Å². The first-order valence-electron chi connectivity index (χ1n) is 16.1. The lowest BCUT2D eigenvalue weighted by molar-refractivity contribution is -0.00569. The molecule has 1 aliphatic rings. The summed E-state index contributed by atoms with van der Waals surface area (Å²) >= 11 is 10.0. The van der Waals surface area contributed by atoms with Gasteiger partial charge in [-0.1, -0.05) is 0 Å². The Bertz CT molecular complexity index is 1870. The molecule has 0 heterocycles. The third-order valence-electron chi connectivity index (χ3n) is 7.65. The number of nitrogens with one attached hydrogen (secondary N) is 4. The van der Waals surface area contributed by atoms with Gasteiger partial charge in [-0.15, -0.1) is 0 Å². The molecule has 0 spiro atoms. The minimum atomic E-state index is -0.932. The molecular weight excluding hydrogens is 1070 g/mol. The van der Waals surface area contributed by atoms with Crippen LogP contribution >= 0.6 is 77.0 Å². The monoisotopic (exact) mass is 1110 g/mol. The van der Waals surface area contributed by atoms with Gasteiger partial charge in [-0.3, -0.25) is 19.3 Å². The Balaban J connectivity index is 0.000000241. The maximum Gasteiger partial charge on any atom is 0.276 e. The molecule has 1 fully saturated rings. The first-order valence-corrected chi connectivity index (χ1v) is 19.8. The van der Waals surface area contributed by atoms with Gasteiger partial charge in [0, 0.05) is 20.0 Å². The SMILES string of the molecule is CC(C)(O)CCONC(=O)c1cc(Br)c(F)cc1Nc1ccc(I)cc1F.O=C(NOCCC1(O)CC1)c1cc(Br)c(F)cc1Nc1ccc(I)cc1F. The van der Waals surface area contributed by atoms with Crippen molar-refractivity contribution in [2.24, 2.45) is 0 Å². The molecule has 0 unspecified atom stereocenters. The van der Waals surface area contributed by atoms with Crippen molar-refractivity contribution in [3.8, 4) is 0 Å². The van der Waals surface area contributed by atoms with E-state index >= 15 is 0 Å². The van der Waals surface area contributed by atoms with E-state index in [2.05, 4.69) is 53.5 Å². The molecule has 290 valence electrons. The molecule has 4 aromatic rings. The summed E-state index contributed by atoms with van der Waals surface area (Å²) in [6, 6.07) is 13.8. The Morgan fingerprint density at radius 3 is 1.54 bits per heavy atom. The molecule has 5 rings (SSSR count). The van der Waals surface area contributed by atoms with E-state index in [0.717, 1.165) is 25.0 Å². The number of anilines is 4. The van der Waals surface area contributed by atoms with Gasteiger partial charge in [-0.2, -0.15) is 0 Å². The minimum Gasteiger partial charge on any atom is -0.390 e. The molecule has 6 N–H and O–H groups in total. The third-order valence-corrected chi connectivity index (χ3v) is 10.2. The van der Waals surface area contributed by atoms with Crippen LogP contribution in [0.4, 0.5) is 40.3 Å². The number of hydrogen-bond acceptors (Lipinski definition) is 8. The topological polar surface area (TPSA) is 141 Å². The Labute approximate surface area is 352 Å². The Morgan fingerprint density at radius 2 is 1.15 bits per heavy atom. The number of halogens is 8. The summed E-state index contributed by atoms with van der Waals surface area (Å²) in [5.41, 5.74) is 3.43. The van der Waals surface area contributed by atoms with Crippen LogP contribution < -0.4 is 21.6 Å². The first-order chi connectivity index (χ1) is 25.3. The lowest BCUT2D eigenvalue weighted by Gasteiger charge is -2.17. The average Bonchev–Trinajstić information content (AvgIpc) is 3.83. The normalized spacial score (nSPS) is 13.0. The van der Waals surface area contributed by atoms with Crippen LogP contribution in [-0.4, -0.2) is 46.4 Å². The van der Waals surface area contributed by atoms with Crippen LogP contribution in [0, 0.1) is 30.4 Å². The summed E-state index contributed by atoms with van der Waals surface area (Å²) < 4.78 is 57.7. The second-order valence-electron chi connectivity index (χ2n) is 12.7. The van der Waals surface area contributed by atoms with Crippen LogP contribution in [0.15, 0.2) is 69.6 Å². The Morgan fingerprint density at radius 1 is 0.722 bits per heavy atom. The van der Waals surface area contributed by atoms with Crippen molar-refractivity contribution in [2.75, 3.05) is 23.8 Å². The van der Waals surface area contributed by atoms with Crippen LogP contribution in [0.2, 0.25) is 0 Å². The number of aliphatic hydroxyl groups is 2. The van der Waals surface area contributed by atoms with E-state index in [1.54, 1.807) is 26.0 Å². The van der Waals surface area contributed by atoms with Gasteiger partial charge in [0.2, 0.25) is 0 Å². The molecule has 54 heavy (non-hydrogen) atoms. The highest BCUT2D eigenvalue weighted by Crippen LogP contribution is 2.38. The number of benzene rings is 4. The largest absolute Gasteiger partial charge is 0.390 e. The number of amides is 2. The van der Waals surface area contributed by atoms with E-state index in [1.165, 1.54) is 36.4 Å². The highest BCUT2D eigenvalue weighted by molar-refractivity contribution is 14.1. The van der Waals surface area contributed by atoms with Gasteiger partial charge in [0.1, 0.15) is 23.3 Å². The fraction of sp³-hybridized carbons (Fsp3) is 0.278. The van der Waals surface area contributed by atoms with E-state index in [4.69, 9.17) is 9.68 Å². The van der Waals surface area contributed by atoms with Crippen LogP contribution in [0.5, 0.6) is 0 Å². The summed E-state index contributed by atoms with van der Waals surface area (Å²) in [6.45, 7) is 3.48. The molecule has 1 saturated carbocycles. The van der Waals surface area contributed by atoms with Gasteiger partial charge >= 0.3 is 0 Å². The smallest absolute Gasteiger partial charge is 0.276 e. The summed E-state index contributed by atoms with van der Waals surface area (Å²) in [5.74, 6) is -3.52. The van der Waals surface area contributed by atoms with E-state index in [0.29, 0.717) is 20.0 Å². The quantitative estimate of drug-likeness (QED) is 0.0318. The van der Waals surface area contributed by atoms with Crippen molar-refractivity contribution in [3.63, 3.8) is 0 Å². The van der Waals surface area contributed by atoms with E-state index in [1.807, 2.05) is 45.2 Å². The molecule has 18 heteroatoms. The van der Waals surface area contributed by atoms with Crippen LogP contribution in [0.25, 0.3) is 0 Å². The van der Waals surface area contributed by atoms with Gasteiger partial charge in [0.05, 0.1) is 67.2 Å². The molecule has 4 aromatic carbocycles. The molecule has 0 aromatic heterocycles. The van der Waals surface area contributed by atoms with Crippen LogP contribution in [0.3, 0.4) is 0 Å². The zero-order valence-electron chi connectivity index (χ0n) is 28.6. The minimum absolute atomic E-state index is 0.0597. The highest BCUT2D eigenvalue weighted by atomic mass is 127. The van der Waals surface area contributed by atoms with Crippen LogP contribution in [0.1, 0.15) is 60.2 Å². The fourth-order valence-electron chi connectivity index (χ4n) is 4.43. The zero-order chi connectivity index (χ0) is 39.8. The molecular formula is C36H34Br2F4I2N4O6. The predicted molar refractivity (Wildman–Crippen MR) is 220 cm³/mol. The Hall–Kier alpha value is -2.60. The lowest BCUT2D eigenvalue weighted by atomic mass is 10.1. The molecule has 2 amide bonds. The summed E-state index contributed by atoms with van der Waals surface area (Å²) in [4.78, 5) is 35.0. The average molecular weight is 1110 g/mol. The molecule has 10 nitrogen and oxygen atoms in total. The molecule has 0 radical (unpaired) electrons. The zero-order valence-corrected chi connectivity index (χ0v) is 36.1. The predicted octanol–water partition coefficient (Wildman–Crippen LogP) is 9.55. The first kappa shape index (κ1) is 44.1. The molecule has 0 atom stereocenters. The Kier molecular flexibility index (Phi) is 15.9. The van der Waals surface area contributed by atoms with Crippen molar-refractivity contribution >= 4 is 112 Å². The van der Waals surface area contributed by atoms with Gasteiger partial charge in [-0.25, -0.2) is 28.5 Å². The molecule has 0 aliphatic heterocycles. The third kappa shape index (κ3) is 13.6. The number of hydroxylamine groups is 2. The highest BCUT2D eigenvalue weighted by Gasteiger charge is 2.39. The number of hydrogen-bond donors (Lipinski definition) is 6. The van der Waals surface area contributed by atoms with Gasteiger partial charge < -0.3 is 20.8 Å². The second kappa shape index (κ2) is 19.5. The van der Waals surface area contributed by atoms with E-state index in [-0.39, 0.29) is 56.0 Å². The standard InChI is InChI=1S/C18H16BrF2IN2O3.C18H18BrF2IN2O3/c19-12-8-11(17(25)24-27-6-5-18(26)3-4-18)16(9-13(12)20)23-15-2-1-10(22)7-14(15)21;1-18(2,26)5-6-27-24-17(25)11-8-12(19)13(20)9-16(11)23-15-4-3-10(22)7-14(15)21/h1-2,7-9,23,26H,3-6H2,(H,24,25);3-4,7-9,23,26H,5-6H2,1-2H3,(H,24,25). The van der Waals surface area contributed by atoms with Crippen molar-refractivity contribution in [3.05, 3.63) is 111 Å². The van der Waals surface area contributed by atoms with Crippen molar-refractivity contribution in [1.29, 1.82) is 0 Å². The summed E-state index contributed by atoms with van der Waals surface area (Å²) in [7, 11) is 0. The van der Waals surface area contributed by atoms with E-state index in [9.17, 15) is 37.4 Å². The van der Waals surface area contributed by atoms with Gasteiger partial charge in [0.25, 0.3) is 11.8 Å². The van der Waals surface area contributed by atoms with Crippen molar-refractivity contribution in [2.45, 2.75) is 50.7 Å². The number of carbonyl (C=O) groups is 2. The lowest BCUT2D eigenvalue weighted by Crippen LogP contribution is -2.28. The maximum atomic E-state index is 14.1. The molecule has 0 bridgehead atoms. The molecule has 0 saturated heterocycles. The summed E-state index contributed by atoms with van der Waals surface area (Å²) in [5, 5.41) is 24.9. The fourth-order valence-corrected chi connectivity index (χ4v) is 6.02.